The molecule has 0 unspecified atom stereocenters. The lowest BCUT2D eigenvalue weighted by Gasteiger charge is -2.30. The Bertz CT molecular complexity index is 1010. The fourth-order valence-corrected chi connectivity index (χ4v) is 4.02. The van der Waals surface area contributed by atoms with Gasteiger partial charge in [-0.25, -0.2) is 4.79 Å². The molecule has 1 N–H and O–H groups in total. The van der Waals surface area contributed by atoms with E-state index in [2.05, 4.69) is 5.32 Å². The highest BCUT2D eigenvalue weighted by Crippen LogP contribution is 2.24. The van der Waals surface area contributed by atoms with Gasteiger partial charge in [-0.1, -0.05) is 48.5 Å². The number of urea groups is 1. The number of hydrogen-bond acceptors (Lipinski definition) is 4. The molecule has 6 nitrogen and oxygen atoms in total. The van der Waals surface area contributed by atoms with Crippen LogP contribution in [0.2, 0.25) is 0 Å². The molecule has 3 amide bonds. The van der Waals surface area contributed by atoms with E-state index in [0.29, 0.717) is 24.5 Å². The van der Waals surface area contributed by atoms with Crippen LogP contribution in [0.4, 0.5) is 10.5 Å². The minimum absolute atomic E-state index is 0.0170. The third-order valence-corrected chi connectivity index (χ3v) is 5.90. The van der Waals surface area contributed by atoms with E-state index in [1.165, 1.54) is 0 Å². The summed E-state index contributed by atoms with van der Waals surface area (Å²) in [6.45, 7) is 4.77. The van der Waals surface area contributed by atoms with Crippen LogP contribution in [-0.4, -0.2) is 41.4 Å². The van der Waals surface area contributed by atoms with Gasteiger partial charge < -0.3 is 19.9 Å². The molecule has 0 atom stereocenters. The summed E-state index contributed by atoms with van der Waals surface area (Å²) in [4.78, 5) is 30.8. The minimum Gasteiger partial charge on any atom is -0.495 e. The maximum atomic E-state index is 13.4. The van der Waals surface area contributed by atoms with Gasteiger partial charge in [-0.05, 0) is 43.0 Å². The molecule has 1 aromatic heterocycles. The predicted molar refractivity (Wildman–Crippen MR) is 129 cm³/mol. The van der Waals surface area contributed by atoms with Crippen LogP contribution in [0.5, 0.6) is 5.75 Å². The second kappa shape index (κ2) is 11.3. The van der Waals surface area contributed by atoms with Crippen LogP contribution in [0.3, 0.4) is 0 Å². The van der Waals surface area contributed by atoms with E-state index in [0.717, 1.165) is 10.4 Å². The molecule has 168 valence electrons. The molecule has 0 bridgehead atoms. The molecule has 0 aliphatic rings. The summed E-state index contributed by atoms with van der Waals surface area (Å²) in [6.07, 6.45) is 0. The van der Waals surface area contributed by atoms with Crippen LogP contribution in [0.1, 0.15) is 24.3 Å². The Labute approximate surface area is 193 Å². The van der Waals surface area contributed by atoms with Gasteiger partial charge in [0.1, 0.15) is 12.3 Å². The fraction of sp³-hybridized carbons (Fsp3) is 0.280. The lowest BCUT2D eigenvalue weighted by atomic mass is 10.2. The molecule has 2 aromatic carbocycles. The summed E-state index contributed by atoms with van der Waals surface area (Å²) in [5.41, 5.74) is 1.62. The first-order valence-electron chi connectivity index (χ1n) is 10.5. The van der Waals surface area contributed by atoms with Gasteiger partial charge in [0.05, 0.1) is 19.3 Å². The lowest BCUT2D eigenvalue weighted by molar-refractivity contribution is -0.133. The molecule has 0 saturated carbocycles. The van der Waals surface area contributed by atoms with Crippen molar-refractivity contribution < 1.29 is 14.3 Å². The van der Waals surface area contributed by atoms with E-state index < -0.39 is 0 Å². The number of benzene rings is 2. The molecule has 7 heteroatoms. The Morgan fingerprint density at radius 1 is 0.969 bits per heavy atom. The monoisotopic (exact) mass is 451 g/mol. The maximum Gasteiger partial charge on any atom is 0.322 e. The van der Waals surface area contributed by atoms with E-state index in [9.17, 15) is 9.59 Å². The zero-order chi connectivity index (χ0) is 22.9. The average Bonchev–Trinajstić information content (AvgIpc) is 3.31. The number of para-hydroxylation sites is 2. The first-order valence-corrected chi connectivity index (χ1v) is 11.4. The molecule has 32 heavy (non-hydrogen) atoms. The van der Waals surface area contributed by atoms with Crippen LogP contribution >= 0.6 is 11.3 Å². The summed E-state index contributed by atoms with van der Waals surface area (Å²) < 4.78 is 5.32. The van der Waals surface area contributed by atoms with Crippen LogP contribution < -0.4 is 10.1 Å². The summed E-state index contributed by atoms with van der Waals surface area (Å²) in [5.74, 6) is 0.463. The summed E-state index contributed by atoms with van der Waals surface area (Å²) in [7, 11) is 1.56. The zero-order valence-corrected chi connectivity index (χ0v) is 19.5. The number of nitrogens with zero attached hydrogens (tertiary/aromatic N) is 2. The highest BCUT2D eigenvalue weighted by molar-refractivity contribution is 7.09. The Kier molecular flexibility index (Phi) is 8.27. The number of carbonyl (C=O) groups is 2. The molecule has 3 rings (SSSR count). The van der Waals surface area contributed by atoms with Crippen molar-refractivity contribution >= 4 is 29.0 Å². The number of amides is 3. The molecule has 0 aliphatic heterocycles. The second-order valence-corrected chi connectivity index (χ2v) is 8.70. The largest absolute Gasteiger partial charge is 0.495 e. The van der Waals surface area contributed by atoms with Crippen molar-refractivity contribution in [2.24, 2.45) is 0 Å². The fourth-order valence-electron chi connectivity index (χ4n) is 3.30. The highest BCUT2D eigenvalue weighted by Gasteiger charge is 2.24. The van der Waals surface area contributed by atoms with Gasteiger partial charge in [-0.15, -0.1) is 11.3 Å². The normalized spacial score (nSPS) is 10.6. The Morgan fingerprint density at radius 2 is 1.69 bits per heavy atom. The third kappa shape index (κ3) is 6.34. The van der Waals surface area contributed by atoms with Gasteiger partial charge in [0.25, 0.3) is 0 Å². The number of ether oxygens (including phenoxy) is 1. The number of carbonyl (C=O) groups excluding carboxylic acids is 2. The highest BCUT2D eigenvalue weighted by atomic mass is 32.1. The van der Waals surface area contributed by atoms with E-state index >= 15 is 0 Å². The quantitative estimate of drug-likeness (QED) is 0.485. The number of hydrogen-bond donors (Lipinski definition) is 1. The topological polar surface area (TPSA) is 61.9 Å². The summed E-state index contributed by atoms with van der Waals surface area (Å²) in [5, 5.41) is 4.88. The number of anilines is 1. The standard InChI is InChI=1S/C25H29N3O3S/c1-19(2)28(25(30)26-22-13-7-8-14-23(22)31-3)18-24(29)27(17-21-12-9-15-32-21)16-20-10-5-4-6-11-20/h4-15,19H,16-18H2,1-3H3,(H,26,30). The first-order chi connectivity index (χ1) is 15.5. The maximum absolute atomic E-state index is 13.4. The predicted octanol–water partition coefficient (Wildman–Crippen LogP) is 5.23. The van der Waals surface area contributed by atoms with Crippen LogP contribution in [0, 0.1) is 0 Å². The van der Waals surface area contributed by atoms with Gasteiger partial charge in [0, 0.05) is 17.5 Å². The number of rotatable bonds is 9. The molecule has 0 radical (unpaired) electrons. The zero-order valence-electron chi connectivity index (χ0n) is 18.7. The van der Waals surface area contributed by atoms with Crippen LogP contribution in [0.15, 0.2) is 72.1 Å². The van der Waals surface area contributed by atoms with Crippen molar-refractivity contribution in [1.82, 2.24) is 9.80 Å². The Morgan fingerprint density at radius 3 is 2.34 bits per heavy atom. The molecular formula is C25H29N3O3S. The lowest BCUT2D eigenvalue weighted by Crippen LogP contribution is -2.47. The van der Waals surface area contributed by atoms with Gasteiger partial charge in [-0.2, -0.15) is 0 Å². The van der Waals surface area contributed by atoms with Crippen molar-refractivity contribution in [3.63, 3.8) is 0 Å². The van der Waals surface area contributed by atoms with Crippen molar-refractivity contribution in [2.75, 3.05) is 19.0 Å². The first kappa shape index (κ1) is 23.3. The van der Waals surface area contributed by atoms with E-state index in [4.69, 9.17) is 4.74 Å². The average molecular weight is 452 g/mol. The molecule has 1 heterocycles. The van der Waals surface area contributed by atoms with Crippen molar-refractivity contribution in [1.29, 1.82) is 0 Å². The smallest absolute Gasteiger partial charge is 0.322 e. The second-order valence-electron chi connectivity index (χ2n) is 7.67. The Hall–Kier alpha value is -3.32. The third-order valence-electron chi connectivity index (χ3n) is 5.03. The summed E-state index contributed by atoms with van der Waals surface area (Å²) in [6, 6.07) is 20.6. The van der Waals surface area contributed by atoms with Gasteiger partial charge >= 0.3 is 6.03 Å². The Balaban J connectivity index is 1.75. The summed E-state index contributed by atoms with van der Waals surface area (Å²) >= 11 is 1.62. The van der Waals surface area contributed by atoms with Crippen molar-refractivity contribution in [2.45, 2.75) is 33.0 Å². The van der Waals surface area contributed by atoms with Crippen molar-refractivity contribution in [3.8, 4) is 5.75 Å². The van der Waals surface area contributed by atoms with E-state index in [1.807, 2.05) is 73.8 Å². The van der Waals surface area contributed by atoms with Crippen LogP contribution in [0.25, 0.3) is 0 Å². The molecular weight excluding hydrogens is 422 g/mol. The molecule has 3 aromatic rings. The van der Waals surface area contributed by atoms with E-state index in [1.54, 1.807) is 40.4 Å². The van der Waals surface area contributed by atoms with Crippen molar-refractivity contribution in [3.05, 3.63) is 82.6 Å². The molecule has 0 aliphatic carbocycles. The van der Waals surface area contributed by atoms with Gasteiger partial charge in [-0.3, -0.25) is 4.79 Å². The molecule has 0 saturated heterocycles. The SMILES string of the molecule is COc1ccccc1NC(=O)N(CC(=O)N(Cc1ccccc1)Cc1cccs1)C(C)C. The number of thiophene rings is 1. The molecule has 0 spiro atoms. The molecule has 0 fully saturated rings. The van der Waals surface area contributed by atoms with Gasteiger partial charge in [0.15, 0.2) is 0 Å². The van der Waals surface area contributed by atoms with E-state index in [-0.39, 0.29) is 24.5 Å². The number of methoxy groups -OCH3 is 1. The minimum atomic E-state index is -0.339. The van der Waals surface area contributed by atoms with Crippen LogP contribution in [-0.2, 0) is 17.9 Å². The number of nitrogens with one attached hydrogen (secondary N) is 1. The van der Waals surface area contributed by atoms with Gasteiger partial charge in [0.2, 0.25) is 5.91 Å².